The topological polar surface area (TPSA) is 29.3 Å². The van der Waals surface area contributed by atoms with Crippen LogP contribution in [0.25, 0.3) is 0 Å². The monoisotopic (exact) mass is 250 g/mol. The van der Waals surface area contributed by atoms with Crippen LogP contribution in [0.5, 0.6) is 0 Å². The van der Waals surface area contributed by atoms with Gasteiger partial charge in [-0.3, -0.25) is 4.90 Å². The van der Waals surface area contributed by atoms with Crippen LogP contribution in [-0.2, 0) is 6.54 Å². The van der Waals surface area contributed by atoms with E-state index >= 15 is 0 Å². The van der Waals surface area contributed by atoms with Crippen LogP contribution in [0.3, 0.4) is 0 Å². The van der Waals surface area contributed by atoms with Gasteiger partial charge in [0.25, 0.3) is 0 Å². The predicted molar refractivity (Wildman–Crippen MR) is 72.7 cm³/mol. The highest BCUT2D eigenvalue weighted by atomic mass is 19.1. The van der Waals surface area contributed by atoms with E-state index in [0.29, 0.717) is 6.04 Å². The first kappa shape index (κ1) is 13.5. The largest absolute Gasteiger partial charge is 0.330 e. The Morgan fingerprint density at radius 1 is 1.28 bits per heavy atom. The Labute approximate surface area is 109 Å². The van der Waals surface area contributed by atoms with Crippen molar-refractivity contribution in [2.75, 3.05) is 13.1 Å². The van der Waals surface area contributed by atoms with Crippen molar-refractivity contribution in [3.63, 3.8) is 0 Å². The third kappa shape index (κ3) is 3.79. The summed E-state index contributed by atoms with van der Waals surface area (Å²) in [6.07, 6.45) is 6.23. The van der Waals surface area contributed by atoms with Gasteiger partial charge in [0.2, 0.25) is 0 Å². The zero-order valence-electron chi connectivity index (χ0n) is 10.9. The lowest BCUT2D eigenvalue weighted by Crippen LogP contribution is -2.34. The minimum atomic E-state index is -0.141. The van der Waals surface area contributed by atoms with Crippen LogP contribution in [-0.4, -0.2) is 24.0 Å². The average molecular weight is 250 g/mol. The first-order valence-electron chi connectivity index (χ1n) is 6.98. The zero-order chi connectivity index (χ0) is 12.8. The molecule has 0 aromatic heterocycles. The Hall–Kier alpha value is -0.930. The quantitative estimate of drug-likeness (QED) is 0.841. The molecule has 0 bridgehead atoms. The maximum atomic E-state index is 13.2. The molecular weight excluding hydrogens is 227 g/mol. The molecule has 0 radical (unpaired) electrons. The summed E-state index contributed by atoms with van der Waals surface area (Å²) >= 11 is 0. The summed E-state index contributed by atoms with van der Waals surface area (Å²) < 4.78 is 13.2. The fourth-order valence-electron chi connectivity index (χ4n) is 2.82. The highest BCUT2D eigenvalue weighted by molar-refractivity contribution is 5.16. The SMILES string of the molecule is NCCCN(Cc1cccc(F)c1)C1CCCC1. The van der Waals surface area contributed by atoms with E-state index in [1.54, 1.807) is 12.1 Å². The van der Waals surface area contributed by atoms with Crippen molar-refractivity contribution in [1.82, 2.24) is 4.90 Å². The van der Waals surface area contributed by atoms with Crippen LogP contribution in [0, 0.1) is 5.82 Å². The van der Waals surface area contributed by atoms with Crippen LogP contribution in [0.2, 0.25) is 0 Å². The second kappa shape index (κ2) is 6.86. The number of halogens is 1. The maximum Gasteiger partial charge on any atom is 0.123 e. The van der Waals surface area contributed by atoms with Crippen molar-refractivity contribution < 1.29 is 4.39 Å². The standard InChI is InChI=1S/C15H23FN2/c16-14-6-3-5-13(11-14)12-18(10-4-9-17)15-7-1-2-8-15/h3,5-6,11,15H,1-2,4,7-10,12,17H2. The Morgan fingerprint density at radius 2 is 2.06 bits per heavy atom. The number of hydrogen-bond acceptors (Lipinski definition) is 2. The number of rotatable bonds is 6. The molecule has 0 spiro atoms. The molecule has 0 unspecified atom stereocenters. The maximum absolute atomic E-state index is 13.2. The van der Waals surface area contributed by atoms with Gasteiger partial charge in [-0.25, -0.2) is 4.39 Å². The lowest BCUT2D eigenvalue weighted by molar-refractivity contribution is 0.188. The van der Waals surface area contributed by atoms with Gasteiger partial charge >= 0.3 is 0 Å². The molecule has 1 aromatic rings. The summed E-state index contributed by atoms with van der Waals surface area (Å²) in [7, 11) is 0. The number of nitrogens with two attached hydrogens (primary N) is 1. The minimum Gasteiger partial charge on any atom is -0.330 e. The van der Waals surface area contributed by atoms with E-state index < -0.39 is 0 Å². The molecule has 1 aliphatic rings. The summed E-state index contributed by atoms with van der Waals surface area (Å²) in [4.78, 5) is 2.48. The van der Waals surface area contributed by atoms with E-state index in [-0.39, 0.29) is 5.82 Å². The van der Waals surface area contributed by atoms with Gasteiger partial charge in [0.15, 0.2) is 0 Å². The molecule has 1 fully saturated rings. The summed E-state index contributed by atoms with van der Waals surface area (Å²) in [6, 6.07) is 7.61. The van der Waals surface area contributed by atoms with E-state index in [4.69, 9.17) is 5.73 Å². The summed E-state index contributed by atoms with van der Waals surface area (Å²) in [5, 5.41) is 0. The molecule has 2 nitrogen and oxygen atoms in total. The molecule has 100 valence electrons. The molecule has 0 atom stereocenters. The lowest BCUT2D eigenvalue weighted by atomic mass is 10.1. The average Bonchev–Trinajstić information content (AvgIpc) is 2.88. The Bertz CT molecular complexity index is 361. The van der Waals surface area contributed by atoms with Gasteiger partial charge < -0.3 is 5.73 Å². The van der Waals surface area contributed by atoms with Crippen LogP contribution in [0.1, 0.15) is 37.7 Å². The van der Waals surface area contributed by atoms with E-state index in [0.717, 1.165) is 31.6 Å². The van der Waals surface area contributed by atoms with E-state index in [1.807, 2.05) is 6.07 Å². The second-order valence-electron chi connectivity index (χ2n) is 5.18. The first-order valence-corrected chi connectivity index (χ1v) is 6.98. The van der Waals surface area contributed by atoms with Crippen LogP contribution < -0.4 is 5.73 Å². The highest BCUT2D eigenvalue weighted by Gasteiger charge is 2.22. The highest BCUT2D eigenvalue weighted by Crippen LogP contribution is 2.25. The molecular formula is C15H23FN2. The molecule has 1 saturated carbocycles. The van der Waals surface area contributed by atoms with Crippen LogP contribution in [0.4, 0.5) is 4.39 Å². The third-order valence-corrected chi connectivity index (χ3v) is 3.77. The van der Waals surface area contributed by atoms with Gasteiger partial charge in [0.05, 0.1) is 0 Å². The van der Waals surface area contributed by atoms with Gasteiger partial charge in [0.1, 0.15) is 5.82 Å². The molecule has 0 saturated heterocycles. The lowest BCUT2D eigenvalue weighted by Gasteiger charge is -2.28. The molecule has 0 aliphatic heterocycles. The van der Waals surface area contributed by atoms with Crippen molar-refractivity contribution in [2.24, 2.45) is 5.73 Å². The molecule has 1 aromatic carbocycles. The number of benzene rings is 1. The van der Waals surface area contributed by atoms with Gasteiger partial charge in [0, 0.05) is 12.6 Å². The summed E-state index contributed by atoms with van der Waals surface area (Å²) in [5.74, 6) is -0.141. The number of hydrogen-bond donors (Lipinski definition) is 1. The smallest absolute Gasteiger partial charge is 0.123 e. The normalized spacial score (nSPS) is 16.6. The third-order valence-electron chi connectivity index (χ3n) is 3.77. The molecule has 1 aliphatic carbocycles. The van der Waals surface area contributed by atoms with Gasteiger partial charge in [-0.1, -0.05) is 25.0 Å². The summed E-state index contributed by atoms with van der Waals surface area (Å²) in [6.45, 7) is 2.60. The molecule has 0 amide bonds. The minimum absolute atomic E-state index is 0.141. The molecule has 2 N–H and O–H groups in total. The van der Waals surface area contributed by atoms with Crippen molar-refractivity contribution in [3.8, 4) is 0 Å². The fraction of sp³-hybridized carbons (Fsp3) is 0.600. The van der Waals surface area contributed by atoms with Crippen molar-refractivity contribution >= 4 is 0 Å². The van der Waals surface area contributed by atoms with Gasteiger partial charge in [-0.2, -0.15) is 0 Å². The Balaban J connectivity index is 1.99. The van der Waals surface area contributed by atoms with Gasteiger partial charge in [-0.05, 0) is 50.0 Å². The van der Waals surface area contributed by atoms with Crippen molar-refractivity contribution in [2.45, 2.75) is 44.7 Å². The van der Waals surface area contributed by atoms with E-state index in [9.17, 15) is 4.39 Å². The van der Waals surface area contributed by atoms with E-state index in [2.05, 4.69) is 4.90 Å². The number of nitrogens with zero attached hydrogens (tertiary/aromatic N) is 1. The molecule has 0 heterocycles. The molecule has 18 heavy (non-hydrogen) atoms. The Kier molecular flexibility index (Phi) is 5.14. The Morgan fingerprint density at radius 3 is 2.72 bits per heavy atom. The van der Waals surface area contributed by atoms with Crippen molar-refractivity contribution in [3.05, 3.63) is 35.6 Å². The second-order valence-corrected chi connectivity index (χ2v) is 5.18. The first-order chi connectivity index (χ1) is 8.79. The van der Waals surface area contributed by atoms with Crippen LogP contribution in [0.15, 0.2) is 24.3 Å². The molecule has 2 rings (SSSR count). The fourth-order valence-corrected chi connectivity index (χ4v) is 2.82. The summed E-state index contributed by atoms with van der Waals surface area (Å²) in [5.41, 5.74) is 6.67. The van der Waals surface area contributed by atoms with Crippen LogP contribution >= 0.6 is 0 Å². The zero-order valence-corrected chi connectivity index (χ0v) is 10.9. The predicted octanol–water partition coefficient (Wildman–Crippen LogP) is 2.92. The van der Waals surface area contributed by atoms with E-state index in [1.165, 1.54) is 31.7 Å². The molecule has 3 heteroatoms. The van der Waals surface area contributed by atoms with Gasteiger partial charge in [-0.15, -0.1) is 0 Å². The van der Waals surface area contributed by atoms with Crippen molar-refractivity contribution in [1.29, 1.82) is 0 Å².